The predicted octanol–water partition coefficient (Wildman–Crippen LogP) is 2.99. The molecule has 0 aromatic heterocycles. The summed E-state index contributed by atoms with van der Waals surface area (Å²) in [7, 11) is 0. The first-order valence-corrected chi connectivity index (χ1v) is 7.75. The molecule has 0 radical (unpaired) electrons. The fourth-order valence-corrected chi connectivity index (χ4v) is 3.35. The standard InChI is InChI=1S/C17H25NO/c1-12(18-11-13-8-17(19)9-13)15-7-6-14-4-2-3-5-16(14)10-15/h6-7,10,12-13,17-19H,2-5,8-9,11H2,1H3. The summed E-state index contributed by atoms with van der Waals surface area (Å²) >= 11 is 0. The zero-order valence-corrected chi connectivity index (χ0v) is 11.9. The molecule has 1 unspecified atom stereocenters. The van der Waals surface area contributed by atoms with Crippen LogP contribution >= 0.6 is 0 Å². The fourth-order valence-electron chi connectivity index (χ4n) is 3.35. The van der Waals surface area contributed by atoms with Crippen molar-refractivity contribution in [2.24, 2.45) is 5.92 Å². The van der Waals surface area contributed by atoms with Crippen LogP contribution in [0.25, 0.3) is 0 Å². The van der Waals surface area contributed by atoms with Crippen molar-refractivity contribution in [3.05, 3.63) is 34.9 Å². The van der Waals surface area contributed by atoms with E-state index in [0.29, 0.717) is 12.0 Å². The van der Waals surface area contributed by atoms with E-state index >= 15 is 0 Å². The van der Waals surface area contributed by atoms with Gasteiger partial charge in [-0.1, -0.05) is 18.2 Å². The maximum absolute atomic E-state index is 9.31. The van der Waals surface area contributed by atoms with Crippen LogP contribution in [-0.4, -0.2) is 17.8 Å². The molecule has 0 spiro atoms. The van der Waals surface area contributed by atoms with Crippen molar-refractivity contribution in [2.75, 3.05) is 6.54 Å². The van der Waals surface area contributed by atoms with Crippen molar-refractivity contribution in [3.63, 3.8) is 0 Å². The lowest BCUT2D eigenvalue weighted by molar-refractivity contribution is 0.0420. The van der Waals surface area contributed by atoms with E-state index in [1.807, 2.05) is 0 Å². The molecule has 1 atom stereocenters. The number of aryl methyl sites for hydroxylation is 2. The van der Waals surface area contributed by atoms with Gasteiger partial charge in [-0.2, -0.15) is 0 Å². The molecule has 0 aliphatic heterocycles. The smallest absolute Gasteiger partial charge is 0.0546 e. The highest BCUT2D eigenvalue weighted by molar-refractivity contribution is 5.35. The van der Waals surface area contributed by atoms with Crippen molar-refractivity contribution in [3.8, 4) is 0 Å². The van der Waals surface area contributed by atoms with Gasteiger partial charge in [0, 0.05) is 6.04 Å². The number of hydrogen-bond donors (Lipinski definition) is 2. The Kier molecular flexibility index (Phi) is 3.90. The van der Waals surface area contributed by atoms with E-state index in [0.717, 1.165) is 19.4 Å². The number of nitrogens with one attached hydrogen (secondary N) is 1. The molecule has 2 heteroatoms. The molecule has 2 nitrogen and oxygen atoms in total. The average molecular weight is 259 g/mol. The van der Waals surface area contributed by atoms with Gasteiger partial charge in [0.15, 0.2) is 0 Å². The summed E-state index contributed by atoms with van der Waals surface area (Å²) in [6.45, 7) is 3.29. The van der Waals surface area contributed by atoms with Gasteiger partial charge in [-0.05, 0) is 74.6 Å². The van der Waals surface area contributed by atoms with Crippen LogP contribution in [-0.2, 0) is 12.8 Å². The first kappa shape index (κ1) is 13.1. The molecule has 0 bridgehead atoms. The van der Waals surface area contributed by atoms with Crippen LogP contribution in [0.4, 0.5) is 0 Å². The van der Waals surface area contributed by atoms with Crippen LogP contribution in [0.1, 0.15) is 55.3 Å². The predicted molar refractivity (Wildman–Crippen MR) is 78.2 cm³/mol. The maximum Gasteiger partial charge on any atom is 0.0546 e. The molecule has 1 aromatic carbocycles. The van der Waals surface area contributed by atoms with Gasteiger partial charge in [-0.15, -0.1) is 0 Å². The molecule has 2 aliphatic carbocycles. The second kappa shape index (κ2) is 5.64. The molecule has 1 saturated carbocycles. The number of benzene rings is 1. The average Bonchev–Trinajstić information content (AvgIpc) is 2.41. The second-order valence-electron chi connectivity index (χ2n) is 6.36. The zero-order chi connectivity index (χ0) is 13.2. The molecule has 104 valence electrons. The van der Waals surface area contributed by atoms with Gasteiger partial charge < -0.3 is 10.4 Å². The lowest BCUT2D eigenvalue weighted by Crippen LogP contribution is -2.37. The van der Waals surface area contributed by atoms with E-state index in [-0.39, 0.29) is 6.10 Å². The van der Waals surface area contributed by atoms with Crippen LogP contribution in [0.3, 0.4) is 0 Å². The van der Waals surface area contributed by atoms with Crippen molar-refractivity contribution < 1.29 is 5.11 Å². The third kappa shape index (κ3) is 3.01. The van der Waals surface area contributed by atoms with Gasteiger partial charge in [-0.3, -0.25) is 0 Å². The summed E-state index contributed by atoms with van der Waals surface area (Å²) in [5, 5.41) is 12.9. The Balaban J connectivity index is 1.58. The molecule has 2 N–H and O–H groups in total. The van der Waals surface area contributed by atoms with Gasteiger partial charge in [0.05, 0.1) is 6.10 Å². The SMILES string of the molecule is CC(NCC1CC(O)C1)c1ccc2c(c1)CCCC2. The Bertz CT molecular complexity index is 437. The van der Waals surface area contributed by atoms with Crippen LogP contribution in [0.2, 0.25) is 0 Å². The summed E-state index contributed by atoms with van der Waals surface area (Å²) in [5.74, 6) is 0.676. The molecule has 0 amide bonds. The molecule has 0 heterocycles. The normalized spacial score (nSPS) is 27.5. The number of aliphatic hydroxyl groups excluding tert-OH is 1. The molecule has 0 saturated heterocycles. The zero-order valence-electron chi connectivity index (χ0n) is 11.9. The molecule has 19 heavy (non-hydrogen) atoms. The van der Waals surface area contributed by atoms with Gasteiger partial charge in [0.2, 0.25) is 0 Å². The van der Waals surface area contributed by atoms with Crippen molar-refractivity contribution >= 4 is 0 Å². The highest BCUT2D eigenvalue weighted by Crippen LogP contribution is 2.28. The highest BCUT2D eigenvalue weighted by atomic mass is 16.3. The molecule has 3 rings (SSSR count). The molecular formula is C17H25NO. The van der Waals surface area contributed by atoms with Crippen LogP contribution in [0.5, 0.6) is 0 Å². The Hall–Kier alpha value is -0.860. The molecular weight excluding hydrogens is 234 g/mol. The van der Waals surface area contributed by atoms with Gasteiger partial charge >= 0.3 is 0 Å². The lowest BCUT2D eigenvalue weighted by Gasteiger charge is -2.32. The van der Waals surface area contributed by atoms with E-state index < -0.39 is 0 Å². The minimum atomic E-state index is -0.0362. The molecule has 1 fully saturated rings. The van der Waals surface area contributed by atoms with Gasteiger partial charge in [0.25, 0.3) is 0 Å². The Morgan fingerprint density at radius 1 is 1.21 bits per heavy atom. The fraction of sp³-hybridized carbons (Fsp3) is 0.647. The molecule has 2 aliphatic rings. The van der Waals surface area contributed by atoms with Crippen LogP contribution in [0, 0.1) is 5.92 Å². The largest absolute Gasteiger partial charge is 0.393 e. The summed E-state index contributed by atoms with van der Waals surface area (Å²) in [5.41, 5.74) is 4.54. The maximum atomic E-state index is 9.31. The third-order valence-corrected chi connectivity index (χ3v) is 4.80. The first-order valence-electron chi connectivity index (χ1n) is 7.75. The van der Waals surface area contributed by atoms with E-state index in [2.05, 4.69) is 30.4 Å². The summed E-state index contributed by atoms with van der Waals surface area (Å²) in [6, 6.07) is 7.44. The van der Waals surface area contributed by atoms with Crippen molar-refractivity contribution in [1.29, 1.82) is 0 Å². The number of fused-ring (bicyclic) bond motifs is 1. The summed E-state index contributed by atoms with van der Waals surface area (Å²) in [4.78, 5) is 0. The summed E-state index contributed by atoms with van der Waals surface area (Å²) < 4.78 is 0. The Labute approximate surface area is 116 Å². The molecule has 1 aromatic rings. The van der Waals surface area contributed by atoms with Crippen molar-refractivity contribution in [2.45, 2.75) is 57.6 Å². The minimum absolute atomic E-state index is 0.0362. The number of aliphatic hydroxyl groups is 1. The Morgan fingerprint density at radius 3 is 2.68 bits per heavy atom. The van der Waals surface area contributed by atoms with Crippen molar-refractivity contribution in [1.82, 2.24) is 5.32 Å². The van der Waals surface area contributed by atoms with Crippen LogP contribution < -0.4 is 5.32 Å². The quantitative estimate of drug-likeness (QED) is 0.871. The van der Waals surface area contributed by atoms with Gasteiger partial charge in [-0.25, -0.2) is 0 Å². The monoisotopic (exact) mass is 259 g/mol. The topological polar surface area (TPSA) is 32.3 Å². The van der Waals surface area contributed by atoms with E-state index in [4.69, 9.17) is 0 Å². The van der Waals surface area contributed by atoms with Gasteiger partial charge in [0.1, 0.15) is 0 Å². The van der Waals surface area contributed by atoms with E-state index in [1.165, 1.54) is 31.2 Å². The van der Waals surface area contributed by atoms with Crippen LogP contribution in [0.15, 0.2) is 18.2 Å². The lowest BCUT2D eigenvalue weighted by atomic mass is 9.82. The van der Waals surface area contributed by atoms with E-state index in [9.17, 15) is 5.11 Å². The highest BCUT2D eigenvalue weighted by Gasteiger charge is 2.27. The minimum Gasteiger partial charge on any atom is -0.393 e. The van der Waals surface area contributed by atoms with E-state index in [1.54, 1.807) is 11.1 Å². The second-order valence-corrected chi connectivity index (χ2v) is 6.36. The first-order chi connectivity index (χ1) is 9.22. The third-order valence-electron chi connectivity index (χ3n) is 4.80. The summed E-state index contributed by atoms with van der Waals surface area (Å²) in [6.07, 6.45) is 7.13. The number of hydrogen-bond acceptors (Lipinski definition) is 2. The number of rotatable bonds is 4. The Morgan fingerprint density at radius 2 is 1.95 bits per heavy atom.